The van der Waals surface area contributed by atoms with E-state index < -0.39 is 0 Å². The van der Waals surface area contributed by atoms with Crippen molar-refractivity contribution < 1.29 is 14.3 Å². The van der Waals surface area contributed by atoms with Crippen LogP contribution in [0.15, 0.2) is 30.3 Å². The maximum Gasteiger partial charge on any atom is 0.246 e. The number of carbonyl (C=O) groups is 2. The molecule has 1 fully saturated rings. The number of hydrogen-bond donors (Lipinski definition) is 0. The number of nitrogens with zero attached hydrogens (tertiary/aromatic N) is 3. The van der Waals surface area contributed by atoms with E-state index in [1.54, 1.807) is 9.80 Å². The van der Waals surface area contributed by atoms with Crippen LogP contribution in [0.2, 0.25) is 0 Å². The number of anilines is 1. The molecular formula is C18H27N3O3. The first-order chi connectivity index (χ1) is 11.6. The van der Waals surface area contributed by atoms with Crippen molar-refractivity contribution in [2.24, 2.45) is 0 Å². The average molecular weight is 333 g/mol. The molecule has 0 aliphatic carbocycles. The standard InChI is InChI=1S/C18H27N3O3/c1-3-21(17-7-5-4-6-8-17)18(23)15-20(16(2)22)10-9-19-11-13-24-14-12-19/h4-8H,3,9-15H2,1-2H3. The number of rotatable bonds is 7. The van der Waals surface area contributed by atoms with Crippen LogP contribution in [0.3, 0.4) is 0 Å². The normalized spacial score (nSPS) is 15.1. The number of ether oxygens (including phenoxy) is 1. The third-order valence-electron chi connectivity index (χ3n) is 4.25. The van der Waals surface area contributed by atoms with E-state index in [9.17, 15) is 9.59 Å². The third kappa shape index (κ3) is 5.32. The average Bonchev–Trinajstić information content (AvgIpc) is 2.61. The molecule has 1 aliphatic rings. The van der Waals surface area contributed by atoms with Crippen LogP contribution in [0.1, 0.15) is 13.8 Å². The molecule has 2 amide bonds. The van der Waals surface area contributed by atoms with Gasteiger partial charge in [0.2, 0.25) is 11.8 Å². The lowest BCUT2D eigenvalue weighted by Gasteiger charge is -2.30. The minimum absolute atomic E-state index is 0.0547. The highest BCUT2D eigenvalue weighted by Crippen LogP contribution is 2.13. The highest BCUT2D eigenvalue weighted by molar-refractivity contribution is 5.96. The summed E-state index contributed by atoms with van der Waals surface area (Å²) in [5.74, 6) is -0.124. The van der Waals surface area contributed by atoms with Crippen LogP contribution in [0.4, 0.5) is 5.69 Å². The molecule has 0 radical (unpaired) electrons. The summed E-state index contributed by atoms with van der Waals surface area (Å²) in [6.45, 7) is 8.71. The Morgan fingerprint density at radius 3 is 2.42 bits per heavy atom. The molecule has 6 heteroatoms. The Hall–Kier alpha value is -1.92. The Morgan fingerprint density at radius 1 is 1.17 bits per heavy atom. The zero-order valence-corrected chi connectivity index (χ0v) is 14.6. The zero-order chi connectivity index (χ0) is 17.4. The minimum Gasteiger partial charge on any atom is -0.379 e. The fourth-order valence-electron chi connectivity index (χ4n) is 2.79. The van der Waals surface area contributed by atoms with Crippen LogP contribution in [0.25, 0.3) is 0 Å². The van der Waals surface area contributed by atoms with E-state index in [1.165, 1.54) is 6.92 Å². The van der Waals surface area contributed by atoms with Gasteiger partial charge < -0.3 is 14.5 Å². The van der Waals surface area contributed by atoms with Gasteiger partial charge in [-0.1, -0.05) is 18.2 Å². The lowest BCUT2D eigenvalue weighted by atomic mass is 10.2. The highest BCUT2D eigenvalue weighted by Gasteiger charge is 2.20. The molecule has 0 spiro atoms. The van der Waals surface area contributed by atoms with Crippen LogP contribution in [-0.2, 0) is 14.3 Å². The summed E-state index contributed by atoms with van der Waals surface area (Å²) in [6.07, 6.45) is 0. The minimum atomic E-state index is -0.0688. The molecule has 1 aromatic rings. The summed E-state index contributed by atoms with van der Waals surface area (Å²) >= 11 is 0. The Kier molecular flexibility index (Phi) is 7.21. The van der Waals surface area contributed by atoms with Gasteiger partial charge in [0, 0.05) is 45.3 Å². The van der Waals surface area contributed by atoms with Gasteiger partial charge in [-0.2, -0.15) is 0 Å². The number of hydrogen-bond acceptors (Lipinski definition) is 4. The van der Waals surface area contributed by atoms with Crippen molar-refractivity contribution in [1.29, 1.82) is 0 Å². The summed E-state index contributed by atoms with van der Waals surface area (Å²) < 4.78 is 5.33. The summed E-state index contributed by atoms with van der Waals surface area (Å²) in [7, 11) is 0. The molecule has 0 aromatic heterocycles. The Labute approximate surface area is 144 Å². The van der Waals surface area contributed by atoms with Crippen molar-refractivity contribution >= 4 is 17.5 Å². The number of carbonyl (C=O) groups excluding carboxylic acids is 2. The molecule has 1 aliphatic heterocycles. The Bertz CT molecular complexity index is 530. The molecular weight excluding hydrogens is 306 g/mol. The molecule has 24 heavy (non-hydrogen) atoms. The van der Waals surface area contributed by atoms with E-state index in [2.05, 4.69) is 4.90 Å². The Balaban J connectivity index is 1.93. The molecule has 0 bridgehead atoms. The van der Waals surface area contributed by atoms with Gasteiger partial charge in [0.15, 0.2) is 0 Å². The van der Waals surface area contributed by atoms with Crippen LogP contribution in [0, 0.1) is 0 Å². The van der Waals surface area contributed by atoms with E-state index in [0.29, 0.717) is 13.1 Å². The predicted molar refractivity (Wildman–Crippen MR) is 94.0 cm³/mol. The fourth-order valence-corrected chi connectivity index (χ4v) is 2.79. The number of amides is 2. The summed E-state index contributed by atoms with van der Waals surface area (Å²) in [5, 5.41) is 0. The van der Waals surface area contributed by atoms with Gasteiger partial charge in [0.1, 0.15) is 6.54 Å². The largest absolute Gasteiger partial charge is 0.379 e. The molecule has 0 unspecified atom stereocenters. The molecule has 0 saturated carbocycles. The number of para-hydroxylation sites is 1. The SMILES string of the molecule is CCN(C(=O)CN(CCN1CCOCC1)C(C)=O)c1ccccc1. The van der Waals surface area contributed by atoms with Gasteiger partial charge in [-0.25, -0.2) is 0 Å². The van der Waals surface area contributed by atoms with E-state index in [-0.39, 0.29) is 18.4 Å². The van der Waals surface area contributed by atoms with Crippen LogP contribution in [0.5, 0.6) is 0 Å². The second-order valence-electron chi connectivity index (χ2n) is 5.87. The zero-order valence-electron chi connectivity index (χ0n) is 14.6. The lowest BCUT2D eigenvalue weighted by molar-refractivity contribution is -0.133. The molecule has 0 atom stereocenters. The molecule has 2 rings (SSSR count). The van der Waals surface area contributed by atoms with Gasteiger partial charge in [-0.05, 0) is 19.1 Å². The van der Waals surface area contributed by atoms with Gasteiger partial charge in [0.25, 0.3) is 0 Å². The number of morpholine rings is 1. The monoisotopic (exact) mass is 333 g/mol. The van der Waals surface area contributed by atoms with Gasteiger partial charge in [-0.3, -0.25) is 14.5 Å². The third-order valence-corrected chi connectivity index (χ3v) is 4.25. The molecule has 1 saturated heterocycles. The number of benzene rings is 1. The van der Waals surface area contributed by atoms with Gasteiger partial charge >= 0.3 is 0 Å². The van der Waals surface area contributed by atoms with Crippen LogP contribution >= 0.6 is 0 Å². The number of likely N-dealkylation sites (N-methyl/N-ethyl adjacent to an activating group) is 1. The van der Waals surface area contributed by atoms with Crippen LogP contribution < -0.4 is 4.90 Å². The smallest absolute Gasteiger partial charge is 0.246 e. The summed E-state index contributed by atoms with van der Waals surface area (Å²) in [5.41, 5.74) is 0.863. The van der Waals surface area contributed by atoms with Crippen molar-refractivity contribution in [3.05, 3.63) is 30.3 Å². The molecule has 1 heterocycles. The Morgan fingerprint density at radius 2 is 1.83 bits per heavy atom. The molecule has 1 aromatic carbocycles. The fraction of sp³-hybridized carbons (Fsp3) is 0.556. The first-order valence-electron chi connectivity index (χ1n) is 8.53. The van der Waals surface area contributed by atoms with Crippen molar-refractivity contribution in [1.82, 2.24) is 9.80 Å². The lowest BCUT2D eigenvalue weighted by Crippen LogP contribution is -2.46. The van der Waals surface area contributed by atoms with Crippen molar-refractivity contribution in [2.45, 2.75) is 13.8 Å². The van der Waals surface area contributed by atoms with Gasteiger partial charge in [-0.15, -0.1) is 0 Å². The second kappa shape index (κ2) is 9.39. The van der Waals surface area contributed by atoms with Crippen molar-refractivity contribution in [3.63, 3.8) is 0 Å². The van der Waals surface area contributed by atoms with Crippen molar-refractivity contribution in [2.75, 3.05) is 57.4 Å². The summed E-state index contributed by atoms with van der Waals surface area (Å²) in [4.78, 5) is 30.2. The van der Waals surface area contributed by atoms with Crippen molar-refractivity contribution in [3.8, 4) is 0 Å². The topological polar surface area (TPSA) is 53.1 Å². The second-order valence-corrected chi connectivity index (χ2v) is 5.87. The first kappa shape index (κ1) is 18.4. The van der Waals surface area contributed by atoms with Gasteiger partial charge in [0.05, 0.1) is 13.2 Å². The van der Waals surface area contributed by atoms with E-state index in [1.807, 2.05) is 37.3 Å². The molecule has 6 nitrogen and oxygen atoms in total. The van der Waals surface area contributed by atoms with Crippen LogP contribution in [-0.4, -0.2) is 74.1 Å². The quantitative estimate of drug-likeness (QED) is 0.753. The van der Waals surface area contributed by atoms with E-state index in [0.717, 1.165) is 38.5 Å². The highest BCUT2D eigenvalue weighted by atomic mass is 16.5. The maximum absolute atomic E-state index is 12.6. The van der Waals surface area contributed by atoms with E-state index in [4.69, 9.17) is 4.74 Å². The molecule has 132 valence electrons. The van der Waals surface area contributed by atoms with E-state index >= 15 is 0 Å². The predicted octanol–water partition coefficient (Wildman–Crippen LogP) is 1.22. The first-order valence-corrected chi connectivity index (χ1v) is 8.53. The summed E-state index contributed by atoms with van der Waals surface area (Å²) in [6, 6.07) is 9.56. The molecule has 0 N–H and O–H groups in total. The maximum atomic E-state index is 12.6.